The number of hydrogen-bond acceptors (Lipinski definition) is 3. The van der Waals surface area contributed by atoms with Gasteiger partial charge in [0.2, 0.25) is 0 Å². The summed E-state index contributed by atoms with van der Waals surface area (Å²) in [6.07, 6.45) is -6.33. The van der Waals surface area contributed by atoms with Gasteiger partial charge in [-0.2, -0.15) is 18.4 Å². The lowest BCUT2D eigenvalue weighted by Gasteiger charge is -2.38. The predicted octanol–water partition coefficient (Wildman–Crippen LogP) is 5.53. The van der Waals surface area contributed by atoms with E-state index in [9.17, 15) is 27.9 Å². The summed E-state index contributed by atoms with van der Waals surface area (Å²) >= 11 is 0. The van der Waals surface area contributed by atoms with E-state index >= 15 is 0 Å². The van der Waals surface area contributed by atoms with Crippen LogP contribution in [0.3, 0.4) is 0 Å². The largest absolute Gasteiger partial charge is 0.496 e. The van der Waals surface area contributed by atoms with Crippen LogP contribution in [-0.4, -0.2) is 24.0 Å². The molecule has 2 rings (SSSR count). The molecule has 2 aromatic rings. The Morgan fingerprint density at radius 2 is 1.63 bits per heavy atom. The van der Waals surface area contributed by atoms with Gasteiger partial charge in [-0.15, -0.1) is 0 Å². The van der Waals surface area contributed by atoms with Gasteiger partial charge in [-0.05, 0) is 60.6 Å². The van der Waals surface area contributed by atoms with Crippen molar-refractivity contribution in [3.63, 3.8) is 0 Å². The molecule has 0 fully saturated rings. The Bertz CT molecular complexity index is 953. The fourth-order valence-corrected chi connectivity index (χ4v) is 3.97. The van der Waals surface area contributed by atoms with E-state index in [1.807, 2.05) is 6.07 Å². The number of aliphatic hydroxyl groups is 1. The van der Waals surface area contributed by atoms with E-state index in [-0.39, 0.29) is 16.9 Å². The Balaban J connectivity index is 2.50. The van der Waals surface area contributed by atoms with Crippen molar-refractivity contribution in [1.29, 1.82) is 5.26 Å². The van der Waals surface area contributed by atoms with E-state index in [0.29, 0.717) is 16.7 Å². The summed E-state index contributed by atoms with van der Waals surface area (Å²) in [7, 11) is 1.35. The average molecular weight is 423 g/mol. The molecule has 0 spiro atoms. The zero-order valence-corrected chi connectivity index (χ0v) is 17.6. The van der Waals surface area contributed by atoms with Gasteiger partial charge < -0.3 is 9.84 Å². The van der Waals surface area contributed by atoms with Crippen molar-refractivity contribution < 1.29 is 27.4 Å². The number of halogens is 4. The van der Waals surface area contributed by atoms with Crippen LogP contribution in [0.25, 0.3) is 0 Å². The Morgan fingerprint density at radius 1 is 1.07 bits per heavy atom. The molecule has 0 amide bonds. The minimum absolute atomic E-state index is 0.236. The maximum Gasteiger partial charge on any atom is 0.417 e. The van der Waals surface area contributed by atoms with Crippen molar-refractivity contribution in [2.75, 3.05) is 7.11 Å². The number of rotatable bonds is 6. The SMILES string of the molecule is COc1ccc(F)cc1C(C)(C)CC(O)(Cc1cc(C)c(C#N)c(C)c1)C(F)(F)F. The summed E-state index contributed by atoms with van der Waals surface area (Å²) in [6.45, 7) is 6.30. The Hall–Kier alpha value is -2.59. The van der Waals surface area contributed by atoms with Crippen molar-refractivity contribution >= 4 is 0 Å². The number of methoxy groups -OCH3 is 1. The van der Waals surface area contributed by atoms with Crippen LogP contribution >= 0.6 is 0 Å². The molecule has 3 nitrogen and oxygen atoms in total. The van der Waals surface area contributed by atoms with E-state index in [2.05, 4.69) is 0 Å². The topological polar surface area (TPSA) is 53.2 Å². The first kappa shape index (κ1) is 23.7. The molecular weight excluding hydrogens is 398 g/mol. The molecule has 0 saturated heterocycles. The summed E-state index contributed by atoms with van der Waals surface area (Å²) < 4.78 is 61.1. The predicted molar refractivity (Wildman–Crippen MR) is 106 cm³/mol. The zero-order valence-electron chi connectivity index (χ0n) is 17.6. The monoisotopic (exact) mass is 423 g/mol. The van der Waals surface area contributed by atoms with Crippen molar-refractivity contribution in [1.82, 2.24) is 0 Å². The minimum atomic E-state index is -4.93. The highest BCUT2D eigenvalue weighted by Gasteiger charge is 2.56. The van der Waals surface area contributed by atoms with E-state index in [4.69, 9.17) is 4.74 Å². The lowest BCUT2D eigenvalue weighted by molar-refractivity contribution is -0.266. The number of nitrogens with zero attached hydrogens (tertiary/aromatic N) is 1. The maximum absolute atomic E-state index is 14.0. The molecule has 0 saturated carbocycles. The van der Waals surface area contributed by atoms with E-state index in [0.717, 1.165) is 12.1 Å². The van der Waals surface area contributed by atoms with Gasteiger partial charge in [0.25, 0.3) is 0 Å². The number of hydrogen-bond donors (Lipinski definition) is 1. The highest BCUT2D eigenvalue weighted by atomic mass is 19.4. The Morgan fingerprint density at radius 3 is 2.10 bits per heavy atom. The lowest BCUT2D eigenvalue weighted by atomic mass is 9.72. The van der Waals surface area contributed by atoms with E-state index in [1.54, 1.807) is 13.8 Å². The third-order valence-electron chi connectivity index (χ3n) is 5.35. The molecule has 0 aliphatic rings. The van der Waals surface area contributed by atoms with Crippen molar-refractivity contribution in [2.45, 2.75) is 57.7 Å². The molecule has 1 unspecified atom stereocenters. The smallest absolute Gasteiger partial charge is 0.417 e. The summed E-state index contributed by atoms with van der Waals surface area (Å²) in [6, 6.07) is 8.64. The second-order valence-electron chi connectivity index (χ2n) is 8.33. The van der Waals surface area contributed by atoms with Crippen molar-refractivity contribution in [3.8, 4) is 11.8 Å². The number of alkyl halides is 3. The molecule has 30 heavy (non-hydrogen) atoms. The molecule has 0 aliphatic carbocycles. The van der Waals surface area contributed by atoms with E-state index < -0.39 is 35.9 Å². The van der Waals surface area contributed by atoms with Gasteiger partial charge in [0.15, 0.2) is 5.60 Å². The molecule has 0 aliphatic heterocycles. The minimum Gasteiger partial charge on any atom is -0.496 e. The Labute approximate surface area is 173 Å². The van der Waals surface area contributed by atoms with Crippen LogP contribution in [0.5, 0.6) is 5.75 Å². The molecule has 7 heteroatoms. The molecule has 0 bridgehead atoms. The molecular formula is C23H25F4NO2. The second-order valence-corrected chi connectivity index (χ2v) is 8.33. The first-order chi connectivity index (χ1) is 13.7. The first-order valence-corrected chi connectivity index (χ1v) is 9.37. The van der Waals surface area contributed by atoms with Gasteiger partial charge in [-0.3, -0.25) is 0 Å². The summed E-state index contributed by atoms with van der Waals surface area (Å²) in [5.41, 5.74) is -2.33. The van der Waals surface area contributed by atoms with Crippen LogP contribution < -0.4 is 4.74 Å². The molecule has 0 heterocycles. The van der Waals surface area contributed by atoms with Gasteiger partial charge in [0, 0.05) is 12.0 Å². The fraction of sp³-hybridized carbons (Fsp3) is 0.435. The molecule has 1 N–H and O–H groups in total. The number of nitriles is 1. The Kier molecular flexibility index (Phi) is 6.53. The van der Waals surface area contributed by atoms with Gasteiger partial charge in [-0.25, -0.2) is 4.39 Å². The standard InChI is InChI=1S/C23H25F4NO2/c1-14-8-16(9-15(2)18(14)12-28)11-22(29,23(25,26)27)13-21(3,4)19-10-17(24)6-7-20(19)30-5/h6-10,29H,11,13H2,1-5H3. The van der Waals surface area contributed by atoms with Crippen molar-refractivity contribution in [2.24, 2.45) is 0 Å². The van der Waals surface area contributed by atoms with Crippen LogP contribution in [0, 0.1) is 31.0 Å². The molecule has 0 radical (unpaired) electrons. The number of benzene rings is 2. The van der Waals surface area contributed by atoms with Crippen LogP contribution in [-0.2, 0) is 11.8 Å². The lowest BCUT2D eigenvalue weighted by Crippen LogP contribution is -2.50. The number of aryl methyl sites for hydroxylation is 2. The molecule has 1 atom stereocenters. The van der Waals surface area contributed by atoms with Crippen LogP contribution in [0.4, 0.5) is 17.6 Å². The van der Waals surface area contributed by atoms with Crippen LogP contribution in [0.1, 0.15) is 48.1 Å². The third-order valence-corrected chi connectivity index (χ3v) is 5.35. The van der Waals surface area contributed by atoms with Gasteiger partial charge in [0.1, 0.15) is 11.6 Å². The summed E-state index contributed by atoms with van der Waals surface area (Å²) in [5, 5.41) is 20.0. The van der Waals surface area contributed by atoms with Crippen molar-refractivity contribution in [3.05, 3.63) is 64.0 Å². The second kappa shape index (κ2) is 8.27. The normalized spacial score (nSPS) is 14.2. The van der Waals surface area contributed by atoms with Crippen LogP contribution in [0.2, 0.25) is 0 Å². The van der Waals surface area contributed by atoms with Gasteiger partial charge in [0.05, 0.1) is 18.7 Å². The van der Waals surface area contributed by atoms with Gasteiger partial charge in [-0.1, -0.05) is 26.0 Å². The molecule has 162 valence electrons. The van der Waals surface area contributed by atoms with Gasteiger partial charge >= 0.3 is 6.18 Å². The first-order valence-electron chi connectivity index (χ1n) is 9.37. The summed E-state index contributed by atoms with van der Waals surface area (Å²) in [5.74, 6) is -0.358. The maximum atomic E-state index is 14.0. The van der Waals surface area contributed by atoms with E-state index in [1.165, 1.54) is 39.2 Å². The quantitative estimate of drug-likeness (QED) is 0.622. The highest BCUT2D eigenvalue weighted by molar-refractivity contribution is 5.46. The average Bonchev–Trinajstić information content (AvgIpc) is 2.60. The summed E-state index contributed by atoms with van der Waals surface area (Å²) in [4.78, 5) is 0. The zero-order chi connectivity index (χ0) is 22.9. The van der Waals surface area contributed by atoms with Crippen LogP contribution in [0.15, 0.2) is 30.3 Å². The highest BCUT2D eigenvalue weighted by Crippen LogP contribution is 2.45. The molecule has 0 aromatic heterocycles. The fourth-order valence-electron chi connectivity index (χ4n) is 3.97. The third kappa shape index (κ3) is 4.76. The number of ether oxygens (including phenoxy) is 1. The molecule has 2 aromatic carbocycles.